The van der Waals surface area contributed by atoms with Crippen molar-refractivity contribution in [3.8, 4) is 0 Å². The number of hydrogen-bond donors (Lipinski definition) is 3. The Morgan fingerprint density at radius 2 is 1.47 bits per heavy atom. The van der Waals surface area contributed by atoms with Gasteiger partial charge in [0, 0.05) is 21.4 Å². The van der Waals surface area contributed by atoms with Crippen molar-refractivity contribution in [3.63, 3.8) is 0 Å². The summed E-state index contributed by atoms with van der Waals surface area (Å²) in [6, 6.07) is 16.9. The Kier molecular flexibility index (Phi) is 7.33. The summed E-state index contributed by atoms with van der Waals surface area (Å²) in [6.07, 6.45) is 0. The standard InChI is InChI=1S/C23H22BrN3O3S2/c1-14-5-7-19(12-16(14)3)27-32(29,30)20-10-8-18(9-11-20)25-23(31)26-22(28)21-13-17(24)6-4-15(21)2/h4-13,27H,1-3H3,(H2,25,26,28,31). The summed E-state index contributed by atoms with van der Waals surface area (Å²) in [5.41, 5.74) is 4.45. The Balaban J connectivity index is 1.65. The second-order valence-electron chi connectivity index (χ2n) is 7.30. The van der Waals surface area contributed by atoms with Crippen LogP contribution in [0.5, 0.6) is 0 Å². The fourth-order valence-electron chi connectivity index (χ4n) is 2.91. The second kappa shape index (κ2) is 9.81. The number of nitrogens with one attached hydrogen (secondary N) is 3. The Labute approximate surface area is 201 Å². The summed E-state index contributed by atoms with van der Waals surface area (Å²) < 4.78 is 28.7. The molecule has 9 heteroatoms. The van der Waals surface area contributed by atoms with Crippen molar-refractivity contribution in [2.45, 2.75) is 25.7 Å². The lowest BCUT2D eigenvalue weighted by molar-refractivity contribution is 0.0977. The number of rotatable bonds is 5. The number of carbonyl (C=O) groups is 1. The van der Waals surface area contributed by atoms with Crippen molar-refractivity contribution < 1.29 is 13.2 Å². The maximum absolute atomic E-state index is 12.7. The van der Waals surface area contributed by atoms with Crippen LogP contribution in [0.3, 0.4) is 0 Å². The van der Waals surface area contributed by atoms with Crippen LogP contribution in [0, 0.1) is 20.8 Å². The van der Waals surface area contributed by atoms with E-state index >= 15 is 0 Å². The summed E-state index contributed by atoms with van der Waals surface area (Å²) in [4.78, 5) is 12.6. The van der Waals surface area contributed by atoms with E-state index in [4.69, 9.17) is 12.2 Å². The van der Waals surface area contributed by atoms with Crippen molar-refractivity contribution >= 4 is 60.6 Å². The van der Waals surface area contributed by atoms with E-state index in [2.05, 4.69) is 31.3 Å². The molecular weight excluding hydrogens is 510 g/mol. The maximum Gasteiger partial charge on any atom is 0.261 e. The molecule has 0 radical (unpaired) electrons. The van der Waals surface area contributed by atoms with Gasteiger partial charge in [-0.2, -0.15) is 0 Å². The molecule has 0 aliphatic heterocycles. The molecule has 0 atom stereocenters. The van der Waals surface area contributed by atoms with Gasteiger partial charge < -0.3 is 5.32 Å². The van der Waals surface area contributed by atoms with Crippen LogP contribution in [0.25, 0.3) is 0 Å². The van der Waals surface area contributed by atoms with Crippen molar-refractivity contribution in [2.75, 3.05) is 10.0 Å². The van der Waals surface area contributed by atoms with Crippen LogP contribution >= 0.6 is 28.1 Å². The Morgan fingerprint density at radius 3 is 2.12 bits per heavy atom. The van der Waals surface area contributed by atoms with Gasteiger partial charge in [0.2, 0.25) is 0 Å². The molecule has 1 amide bonds. The molecule has 3 rings (SSSR count). The fraction of sp³-hybridized carbons (Fsp3) is 0.130. The van der Waals surface area contributed by atoms with Crippen LogP contribution in [-0.2, 0) is 10.0 Å². The molecule has 0 bridgehead atoms. The van der Waals surface area contributed by atoms with Gasteiger partial charge >= 0.3 is 0 Å². The monoisotopic (exact) mass is 531 g/mol. The van der Waals surface area contributed by atoms with Crippen LogP contribution in [0.1, 0.15) is 27.0 Å². The zero-order chi connectivity index (χ0) is 23.5. The van der Waals surface area contributed by atoms with E-state index < -0.39 is 10.0 Å². The van der Waals surface area contributed by atoms with Gasteiger partial charge in [-0.1, -0.05) is 28.1 Å². The molecule has 0 aliphatic rings. The number of halogens is 1. The summed E-state index contributed by atoms with van der Waals surface area (Å²) in [7, 11) is -3.74. The molecule has 166 valence electrons. The molecule has 0 unspecified atom stereocenters. The lowest BCUT2D eigenvalue weighted by Gasteiger charge is -2.12. The Bertz CT molecular complexity index is 1290. The number of aryl methyl sites for hydroxylation is 3. The minimum Gasteiger partial charge on any atom is -0.332 e. The zero-order valence-corrected chi connectivity index (χ0v) is 20.9. The molecule has 0 aliphatic carbocycles. The average molecular weight is 532 g/mol. The maximum atomic E-state index is 12.7. The third-order valence-electron chi connectivity index (χ3n) is 4.85. The lowest BCUT2D eigenvalue weighted by Crippen LogP contribution is -2.34. The van der Waals surface area contributed by atoms with E-state index in [9.17, 15) is 13.2 Å². The second-order valence-corrected chi connectivity index (χ2v) is 10.3. The molecule has 0 saturated heterocycles. The first-order chi connectivity index (χ1) is 15.0. The van der Waals surface area contributed by atoms with E-state index in [-0.39, 0.29) is 15.9 Å². The van der Waals surface area contributed by atoms with Gasteiger partial charge in [-0.05, 0) is 98.2 Å². The number of carbonyl (C=O) groups excluding carboxylic acids is 1. The topological polar surface area (TPSA) is 87.3 Å². The molecular formula is C23H22BrN3O3S2. The van der Waals surface area contributed by atoms with Crippen molar-refractivity contribution in [3.05, 3.63) is 87.4 Å². The summed E-state index contributed by atoms with van der Waals surface area (Å²) >= 11 is 8.57. The minimum absolute atomic E-state index is 0.109. The van der Waals surface area contributed by atoms with Crippen LogP contribution in [-0.4, -0.2) is 19.4 Å². The smallest absolute Gasteiger partial charge is 0.261 e. The predicted molar refractivity (Wildman–Crippen MR) is 136 cm³/mol. The van der Waals surface area contributed by atoms with Crippen molar-refractivity contribution in [1.29, 1.82) is 0 Å². The molecule has 0 fully saturated rings. The highest BCUT2D eigenvalue weighted by atomic mass is 79.9. The van der Waals surface area contributed by atoms with Gasteiger partial charge in [0.05, 0.1) is 4.90 Å². The van der Waals surface area contributed by atoms with Gasteiger partial charge in [0.1, 0.15) is 0 Å². The van der Waals surface area contributed by atoms with E-state index in [1.807, 2.05) is 39.0 Å². The highest BCUT2D eigenvalue weighted by Gasteiger charge is 2.15. The number of thiocarbonyl (C=S) groups is 1. The first kappa shape index (κ1) is 23.9. The first-order valence-corrected chi connectivity index (χ1v) is 12.3. The first-order valence-electron chi connectivity index (χ1n) is 9.64. The highest BCUT2D eigenvalue weighted by Crippen LogP contribution is 2.21. The SMILES string of the molecule is Cc1ccc(NS(=O)(=O)c2ccc(NC(=S)NC(=O)c3cc(Br)ccc3C)cc2)cc1C. The molecule has 3 N–H and O–H groups in total. The molecule has 0 heterocycles. The van der Waals surface area contributed by atoms with Gasteiger partial charge in [-0.15, -0.1) is 0 Å². The Morgan fingerprint density at radius 1 is 0.844 bits per heavy atom. The number of anilines is 2. The summed E-state index contributed by atoms with van der Waals surface area (Å²) in [5.74, 6) is -0.335. The molecule has 3 aromatic carbocycles. The molecule has 6 nitrogen and oxygen atoms in total. The van der Waals surface area contributed by atoms with Crippen LogP contribution in [0.15, 0.2) is 70.0 Å². The molecule has 0 saturated carbocycles. The van der Waals surface area contributed by atoms with Crippen LogP contribution < -0.4 is 15.4 Å². The molecule has 32 heavy (non-hydrogen) atoms. The third kappa shape index (κ3) is 5.93. The predicted octanol–water partition coefficient (Wildman–Crippen LogP) is 5.30. The number of benzene rings is 3. The quantitative estimate of drug-likeness (QED) is 0.388. The number of amides is 1. The average Bonchev–Trinajstić information content (AvgIpc) is 2.72. The normalized spacial score (nSPS) is 11.0. The van der Waals surface area contributed by atoms with E-state index in [1.165, 1.54) is 12.1 Å². The number of sulfonamides is 1. The molecule has 0 aromatic heterocycles. The lowest BCUT2D eigenvalue weighted by atomic mass is 10.1. The van der Waals surface area contributed by atoms with Crippen molar-refractivity contribution in [1.82, 2.24) is 5.32 Å². The molecule has 3 aromatic rings. The Hall–Kier alpha value is -2.75. The third-order valence-corrected chi connectivity index (χ3v) is 6.95. The minimum atomic E-state index is -3.74. The van der Waals surface area contributed by atoms with E-state index in [1.54, 1.807) is 30.3 Å². The van der Waals surface area contributed by atoms with E-state index in [0.29, 0.717) is 16.9 Å². The molecule has 0 spiro atoms. The highest BCUT2D eigenvalue weighted by molar-refractivity contribution is 9.10. The van der Waals surface area contributed by atoms with Gasteiger partial charge in [0.15, 0.2) is 5.11 Å². The van der Waals surface area contributed by atoms with Crippen LogP contribution in [0.4, 0.5) is 11.4 Å². The van der Waals surface area contributed by atoms with E-state index in [0.717, 1.165) is 21.2 Å². The number of hydrogen-bond acceptors (Lipinski definition) is 4. The van der Waals surface area contributed by atoms with Crippen molar-refractivity contribution in [2.24, 2.45) is 0 Å². The zero-order valence-electron chi connectivity index (χ0n) is 17.7. The fourth-order valence-corrected chi connectivity index (χ4v) is 4.53. The van der Waals surface area contributed by atoms with Gasteiger partial charge in [-0.25, -0.2) is 8.42 Å². The van der Waals surface area contributed by atoms with Crippen LogP contribution in [0.2, 0.25) is 0 Å². The summed E-state index contributed by atoms with van der Waals surface area (Å²) in [6.45, 7) is 5.72. The summed E-state index contributed by atoms with van der Waals surface area (Å²) in [5, 5.41) is 5.63. The largest absolute Gasteiger partial charge is 0.332 e. The van der Waals surface area contributed by atoms with Gasteiger partial charge in [-0.3, -0.25) is 14.8 Å². The van der Waals surface area contributed by atoms with Gasteiger partial charge in [0.25, 0.3) is 15.9 Å².